The highest BCUT2D eigenvalue weighted by Crippen LogP contribution is 2.32. The van der Waals surface area contributed by atoms with Crippen LogP contribution in [0.3, 0.4) is 0 Å². The van der Waals surface area contributed by atoms with Crippen LogP contribution >= 0.6 is 12.4 Å². The molecule has 88 valence electrons. The highest BCUT2D eigenvalue weighted by atomic mass is 35.5. The maximum Gasteiger partial charge on any atom is 0.237 e. The van der Waals surface area contributed by atoms with Crippen molar-refractivity contribution in [3.05, 3.63) is 0 Å². The predicted octanol–water partition coefficient (Wildman–Crippen LogP) is 1.02. The van der Waals surface area contributed by atoms with Crippen LogP contribution < -0.4 is 10.6 Å². The van der Waals surface area contributed by atoms with Crippen molar-refractivity contribution in [2.45, 2.75) is 44.4 Å². The van der Waals surface area contributed by atoms with Gasteiger partial charge in [-0.1, -0.05) is 0 Å². The van der Waals surface area contributed by atoms with Gasteiger partial charge in [-0.3, -0.25) is 4.79 Å². The van der Waals surface area contributed by atoms with E-state index in [1.165, 1.54) is 12.8 Å². The fourth-order valence-corrected chi connectivity index (χ4v) is 1.93. The van der Waals surface area contributed by atoms with Crippen molar-refractivity contribution in [1.82, 2.24) is 10.6 Å². The van der Waals surface area contributed by atoms with Crippen molar-refractivity contribution in [3.63, 3.8) is 0 Å². The average molecular weight is 237 g/mol. The van der Waals surface area contributed by atoms with E-state index in [0.29, 0.717) is 18.9 Å². The Morgan fingerprint density at radius 1 is 1.53 bits per heavy atom. The van der Waals surface area contributed by atoms with E-state index in [9.17, 15) is 9.18 Å². The molecule has 1 heterocycles. The van der Waals surface area contributed by atoms with Gasteiger partial charge in [0.1, 0.15) is 6.17 Å². The molecule has 0 aromatic rings. The number of alkyl halides is 1. The molecule has 0 bridgehead atoms. The molecule has 2 aliphatic rings. The third-order valence-corrected chi connectivity index (χ3v) is 3.09. The van der Waals surface area contributed by atoms with Crippen molar-refractivity contribution >= 4 is 18.3 Å². The molecule has 0 spiro atoms. The van der Waals surface area contributed by atoms with Crippen LogP contribution in [-0.4, -0.2) is 30.7 Å². The lowest BCUT2D eigenvalue weighted by molar-refractivity contribution is -0.123. The van der Waals surface area contributed by atoms with Crippen molar-refractivity contribution in [3.8, 4) is 0 Å². The number of amides is 1. The number of carbonyl (C=O) groups is 1. The Kier molecular flexibility index (Phi) is 4.34. The summed E-state index contributed by atoms with van der Waals surface area (Å²) in [6.45, 7) is 2.34. The quantitative estimate of drug-likeness (QED) is 0.769. The molecule has 15 heavy (non-hydrogen) atoms. The maximum absolute atomic E-state index is 12.8. The lowest BCUT2D eigenvalue weighted by atomic mass is 10.1. The molecule has 0 aromatic heterocycles. The van der Waals surface area contributed by atoms with E-state index in [1.807, 2.05) is 6.92 Å². The lowest BCUT2D eigenvalue weighted by Gasteiger charge is -2.16. The van der Waals surface area contributed by atoms with Crippen LogP contribution in [-0.2, 0) is 4.79 Å². The third kappa shape index (κ3) is 3.31. The van der Waals surface area contributed by atoms with Gasteiger partial charge in [0.05, 0.1) is 6.04 Å². The van der Waals surface area contributed by atoms with Crippen LogP contribution in [0.15, 0.2) is 0 Å². The standard InChI is InChI=1S/C10H17FN2O.ClH/c1-6(7-2-3-7)13-10(14)9-4-8(11)5-12-9;/h6-9,12H,2-5H2,1H3,(H,13,14);1H/t6?,8-,9+;/m0./s1. The van der Waals surface area contributed by atoms with Crippen LogP contribution in [0.25, 0.3) is 0 Å². The average Bonchev–Trinajstić information content (AvgIpc) is 2.89. The van der Waals surface area contributed by atoms with E-state index in [2.05, 4.69) is 10.6 Å². The molecule has 1 unspecified atom stereocenters. The molecule has 0 radical (unpaired) electrons. The molecule has 1 saturated carbocycles. The summed E-state index contributed by atoms with van der Waals surface area (Å²) in [4.78, 5) is 11.6. The number of hydrogen-bond acceptors (Lipinski definition) is 2. The van der Waals surface area contributed by atoms with Crippen LogP contribution in [0.2, 0.25) is 0 Å². The summed E-state index contributed by atoms with van der Waals surface area (Å²) in [6.07, 6.45) is 1.89. The normalized spacial score (nSPS) is 31.9. The summed E-state index contributed by atoms with van der Waals surface area (Å²) in [5, 5.41) is 5.82. The largest absolute Gasteiger partial charge is 0.352 e. The minimum atomic E-state index is -0.859. The van der Waals surface area contributed by atoms with Crippen molar-refractivity contribution < 1.29 is 9.18 Å². The van der Waals surface area contributed by atoms with Gasteiger partial charge in [0.25, 0.3) is 0 Å². The first kappa shape index (κ1) is 12.7. The first-order valence-corrected chi connectivity index (χ1v) is 5.34. The van der Waals surface area contributed by atoms with Crippen LogP contribution in [0, 0.1) is 5.92 Å². The lowest BCUT2D eigenvalue weighted by Crippen LogP contribution is -2.44. The van der Waals surface area contributed by atoms with Gasteiger partial charge in [-0.25, -0.2) is 4.39 Å². The SMILES string of the molecule is CC(NC(=O)[C@H]1C[C@H](F)CN1)C1CC1.Cl. The second kappa shape index (κ2) is 5.12. The summed E-state index contributed by atoms with van der Waals surface area (Å²) in [6, 6.07) is -0.0610. The molecule has 3 nitrogen and oxygen atoms in total. The second-order valence-corrected chi connectivity index (χ2v) is 4.43. The fourth-order valence-electron chi connectivity index (χ4n) is 1.93. The topological polar surface area (TPSA) is 41.1 Å². The van der Waals surface area contributed by atoms with E-state index >= 15 is 0 Å². The van der Waals surface area contributed by atoms with E-state index < -0.39 is 6.17 Å². The smallest absolute Gasteiger partial charge is 0.237 e. The molecule has 5 heteroatoms. The van der Waals surface area contributed by atoms with Gasteiger partial charge in [0, 0.05) is 19.0 Å². The monoisotopic (exact) mass is 236 g/mol. The first-order valence-electron chi connectivity index (χ1n) is 5.34. The maximum atomic E-state index is 12.8. The minimum Gasteiger partial charge on any atom is -0.352 e. The van der Waals surface area contributed by atoms with Crippen molar-refractivity contribution in [1.29, 1.82) is 0 Å². The Hall–Kier alpha value is -0.350. The van der Waals surface area contributed by atoms with Gasteiger partial charge in [-0.05, 0) is 25.7 Å². The first-order chi connectivity index (χ1) is 6.66. The zero-order chi connectivity index (χ0) is 10.1. The van der Waals surface area contributed by atoms with Gasteiger partial charge in [0.15, 0.2) is 0 Å². The summed E-state index contributed by atoms with van der Waals surface area (Å²) in [5.41, 5.74) is 0. The minimum absolute atomic E-state index is 0. The third-order valence-electron chi connectivity index (χ3n) is 3.09. The Labute approximate surface area is 95.6 Å². The van der Waals surface area contributed by atoms with Crippen LogP contribution in [0.5, 0.6) is 0 Å². The Morgan fingerprint density at radius 2 is 2.20 bits per heavy atom. The number of nitrogens with one attached hydrogen (secondary N) is 2. The molecule has 1 saturated heterocycles. The molecule has 2 N–H and O–H groups in total. The fraction of sp³-hybridized carbons (Fsp3) is 0.900. The highest BCUT2D eigenvalue weighted by Gasteiger charge is 2.33. The van der Waals surface area contributed by atoms with Crippen LogP contribution in [0.1, 0.15) is 26.2 Å². The highest BCUT2D eigenvalue weighted by molar-refractivity contribution is 5.85. The van der Waals surface area contributed by atoms with Gasteiger partial charge >= 0.3 is 0 Å². The molecule has 2 fully saturated rings. The number of hydrogen-bond donors (Lipinski definition) is 2. The second-order valence-electron chi connectivity index (χ2n) is 4.43. The summed E-state index contributed by atoms with van der Waals surface area (Å²) in [7, 11) is 0. The van der Waals surface area contributed by atoms with E-state index in [4.69, 9.17) is 0 Å². The molecular weight excluding hydrogens is 219 g/mol. The Morgan fingerprint density at radius 3 is 2.67 bits per heavy atom. The molecule has 1 amide bonds. The van der Waals surface area contributed by atoms with Gasteiger partial charge in [-0.2, -0.15) is 0 Å². The van der Waals surface area contributed by atoms with Gasteiger partial charge in [-0.15, -0.1) is 12.4 Å². The molecule has 1 aliphatic carbocycles. The van der Waals surface area contributed by atoms with E-state index in [0.717, 1.165) is 0 Å². The predicted molar refractivity (Wildman–Crippen MR) is 58.9 cm³/mol. The summed E-state index contributed by atoms with van der Waals surface area (Å²) >= 11 is 0. The summed E-state index contributed by atoms with van der Waals surface area (Å²) < 4.78 is 12.8. The van der Waals surface area contributed by atoms with Crippen molar-refractivity contribution in [2.75, 3.05) is 6.54 Å². The summed E-state index contributed by atoms with van der Waals surface area (Å²) in [5.74, 6) is 0.617. The van der Waals surface area contributed by atoms with Gasteiger partial charge < -0.3 is 10.6 Å². The number of rotatable bonds is 3. The molecule has 3 atom stereocenters. The van der Waals surface area contributed by atoms with E-state index in [1.54, 1.807) is 0 Å². The Balaban J connectivity index is 0.00000112. The number of carbonyl (C=O) groups excluding carboxylic acids is 1. The molecule has 0 aromatic carbocycles. The molecular formula is C10H18ClFN2O. The van der Waals surface area contributed by atoms with Crippen molar-refractivity contribution in [2.24, 2.45) is 5.92 Å². The van der Waals surface area contributed by atoms with Gasteiger partial charge in [0.2, 0.25) is 5.91 Å². The van der Waals surface area contributed by atoms with E-state index in [-0.39, 0.29) is 30.4 Å². The molecule has 1 aliphatic heterocycles. The van der Waals surface area contributed by atoms with Crippen LogP contribution in [0.4, 0.5) is 4.39 Å². The Bertz CT molecular complexity index is 235. The molecule has 2 rings (SSSR count). The zero-order valence-electron chi connectivity index (χ0n) is 8.83. The number of halogens is 2. The zero-order valence-corrected chi connectivity index (χ0v) is 9.65.